The molecule has 1 rings (SSSR count). The smallest absolute Gasteiger partial charge is 0.358 e. The van der Waals surface area contributed by atoms with Crippen LogP contribution in [0.1, 0.15) is 23.2 Å². The molecule has 0 spiro atoms. The molecule has 0 radical (unpaired) electrons. The van der Waals surface area contributed by atoms with Crippen molar-refractivity contribution in [1.29, 1.82) is 0 Å². The number of aryl methyl sites for hydroxylation is 1. The molecule has 0 aliphatic rings. The summed E-state index contributed by atoms with van der Waals surface area (Å²) in [6.45, 7) is 2.98. The van der Waals surface area contributed by atoms with Crippen LogP contribution in [0, 0.1) is 6.92 Å². The number of nitrogens with zero attached hydrogens (tertiary/aromatic N) is 2. The Kier molecular flexibility index (Phi) is 2.55. The number of amides is 1. The molecule has 14 heavy (non-hydrogen) atoms. The summed E-state index contributed by atoms with van der Waals surface area (Å²) in [5.41, 5.74) is -0.139. The molecule has 0 saturated carbocycles. The quantitative estimate of drug-likeness (QED) is 0.718. The number of carboxylic acid groups (broad SMARTS) is 1. The van der Waals surface area contributed by atoms with Gasteiger partial charge in [0.2, 0.25) is 5.91 Å². The SMILES string of the molecule is CC(=O)Nc1c(C(=O)O)nc(C)n1C. The molecule has 2 N–H and O–H groups in total. The Morgan fingerprint density at radius 1 is 1.50 bits per heavy atom. The second-order valence-electron chi connectivity index (χ2n) is 2.90. The van der Waals surface area contributed by atoms with Gasteiger partial charge in [-0.3, -0.25) is 4.79 Å². The van der Waals surface area contributed by atoms with E-state index < -0.39 is 5.97 Å². The Morgan fingerprint density at radius 3 is 2.50 bits per heavy atom. The van der Waals surface area contributed by atoms with Crippen molar-refractivity contribution in [2.24, 2.45) is 7.05 Å². The number of rotatable bonds is 2. The summed E-state index contributed by atoms with van der Waals surface area (Å²) in [7, 11) is 1.64. The summed E-state index contributed by atoms with van der Waals surface area (Å²) in [6.07, 6.45) is 0. The molecule has 1 amide bonds. The van der Waals surface area contributed by atoms with E-state index >= 15 is 0 Å². The lowest BCUT2D eigenvalue weighted by molar-refractivity contribution is -0.114. The molecule has 6 nitrogen and oxygen atoms in total. The molecule has 0 aliphatic carbocycles. The topological polar surface area (TPSA) is 84.2 Å². The molecule has 0 aliphatic heterocycles. The first-order valence-corrected chi connectivity index (χ1v) is 3.97. The third-order valence-electron chi connectivity index (χ3n) is 1.82. The summed E-state index contributed by atoms with van der Waals surface area (Å²) in [4.78, 5) is 25.4. The molecule has 0 saturated heterocycles. The van der Waals surface area contributed by atoms with Crippen LogP contribution in [0.4, 0.5) is 5.82 Å². The van der Waals surface area contributed by atoms with Gasteiger partial charge >= 0.3 is 5.97 Å². The highest BCUT2D eigenvalue weighted by atomic mass is 16.4. The van der Waals surface area contributed by atoms with Crippen LogP contribution < -0.4 is 5.32 Å². The molecular weight excluding hydrogens is 186 g/mol. The van der Waals surface area contributed by atoms with E-state index in [0.717, 1.165) is 0 Å². The molecule has 0 bridgehead atoms. The Labute approximate surface area is 80.6 Å². The minimum Gasteiger partial charge on any atom is -0.476 e. The van der Waals surface area contributed by atoms with Crippen molar-refractivity contribution in [3.8, 4) is 0 Å². The fraction of sp³-hybridized carbons (Fsp3) is 0.375. The van der Waals surface area contributed by atoms with Gasteiger partial charge in [0.1, 0.15) is 11.6 Å². The predicted octanol–water partition coefficient (Wildman–Crippen LogP) is 0.385. The zero-order valence-corrected chi connectivity index (χ0v) is 8.16. The first kappa shape index (κ1) is 10.2. The van der Waals surface area contributed by atoms with Gasteiger partial charge in [0.05, 0.1) is 0 Å². The van der Waals surface area contributed by atoms with Crippen molar-refractivity contribution < 1.29 is 14.7 Å². The van der Waals surface area contributed by atoms with Gasteiger partial charge in [-0.05, 0) is 6.92 Å². The number of nitrogens with one attached hydrogen (secondary N) is 1. The molecule has 1 aromatic heterocycles. The number of hydrogen-bond acceptors (Lipinski definition) is 3. The fourth-order valence-electron chi connectivity index (χ4n) is 1.07. The van der Waals surface area contributed by atoms with Crippen molar-refractivity contribution >= 4 is 17.7 Å². The lowest BCUT2D eigenvalue weighted by Gasteiger charge is -2.04. The van der Waals surface area contributed by atoms with Crippen LogP contribution in [-0.2, 0) is 11.8 Å². The van der Waals surface area contributed by atoms with Gasteiger partial charge in [0, 0.05) is 14.0 Å². The molecule has 0 atom stereocenters. The fourth-order valence-corrected chi connectivity index (χ4v) is 1.07. The van der Waals surface area contributed by atoms with E-state index in [2.05, 4.69) is 10.3 Å². The lowest BCUT2D eigenvalue weighted by Crippen LogP contribution is -2.13. The summed E-state index contributed by atoms with van der Waals surface area (Å²) in [5.74, 6) is -0.735. The van der Waals surface area contributed by atoms with E-state index in [-0.39, 0.29) is 17.4 Å². The number of hydrogen-bond donors (Lipinski definition) is 2. The molecule has 1 aromatic rings. The van der Waals surface area contributed by atoms with E-state index in [1.165, 1.54) is 11.5 Å². The van der Waals surface area contributed by atoms with Gasteiger partial charge in [0.15, 0.2) is 5.69 Å². The minimum atomic E-state index is -1.16. The normalized spacial score (nSPS) is 9.93. The van der Waals surface area contributed by atoms with E-state index in [0.29, 0.717) is 5.82 Å². The molecule has 0 unspecified atom stereocenters. The molecule has 6 heteroatoms. The molecular formula is C8H11N3O3. The third-order valence-corrected chi connectivity index (χ3v) is 1.82. The maximum atomic E-state index is 10.8. The number of carboxylic acids is 1. The van der Waals surface area contributed by atoms with Gasteiger partial charge in [0.25, 0.3) is 0 Å². The number of imidazole rings is 1. The van der Waals surface area contributed by atoms with E-state index in [1.54, 1.807) is 14.0 Å². The van der Waals surface area contributed by atoms with Crippen LogP contribution in [0.25, 0.3) is 0 Å². The summed E-state index contributed by atoms with van der Waals surface area (Å²) >= 11 is 0. The number of aromatic carboxylic acids is 1. The van der Waals surface area contributed by atoms with Crippen LogP contribution in [0.15, 0.2) is 0 Å². The average molecular weight is 197 g/mol. The minimum absolute atomic E-state index is 0.139. The summed E-state index contributed by atoms with van der Waals surface area (Å²) < 4.78 is 1.52. The van der Waals surface area contributed by atoms with Gasteiger partial charge in [-0.25, -0.2) is 9.78 Å². The number of carbonyl (C=O) groups excluding carboxylic acids is 1. The lowest BCUT2D eigenvalue weighted by atomic mass is 10.4. The Hall–Kier alpha value is -1.85. The van der Waals surface area contributed by atoms with Crippen molar-refractivity contribution in [2.75, 3.05) is 5.32 Å². The largest absolute Gasteiger partial charge is 0.476 e. The molecule has 0 aromatic carbocycles. The Balaban J connectivity index is 3.23. The summed E-state index contributed by atoms with van der Waals surface area (Å²) in [5, 5.41) is 11.2. The van der Waals surface area contributed by atoms with Crippen LogP contribution in [-0.4, -0.2) is 26.5 Å². The molecule has 76 valence electrons. The van der Waals surface area contributed by atoms with Crippen LogP contribution in [0.2, 0.25) is 0 Å². The van der Waals surface area contributed by atoms with E-state index in [9.17, 15) is 9.59 Å². The highest BCUT2D eigenvalue weighted by molar-refractivity contribution is 5.97. The maximum Gasteiger partial charge on any atom is 0.358 e. The number of aromatic nitrogens is 2. The zero-order chi connectivity index (χ0) is 10.9. The first-order valence-electron chi connectivity index (χ1n) is 3.97. The van der Waals surface area contributed by atoms with Gasteiger partial charge in [-0.2, -0.15) is 0 Å². The van der Waals surface area contributed by atoms with E-state index in [1.807, 2.05) is 0 Å². The molecule has 0 fully saturated rings. The monoisotopic (exact) mass is 197 g/mol. The first-order chi connectivity index (χ1) is 6.43. The standard InChI is InChI=1S/C8H11N3O3/c1-4-9-6(8(13)14)7(11(4)3)10-5(2)12/h1-3H3,(H,10,12)(H,13,14). The Bertz CT molecular complexity index is 395. The number of anilines is 1. The second kappa shape index (κ2) is 3.49. The third kappa shape index (κ3) is 1.73. The van der Waals surface area contributed by atoms with Crippen LogP contribution in [0.5, 0.6) is 0 Å². The highest BCUT2D eigenvalue weighted by Crippen LogP contribution is 2.15. The van der Waals surface area contributed by atoms with Crippen molar-refractivity contribution in [1.82, 2.24) is 9.55 Å². The predicted molar refractivity (Wildman–Crippen MR) is 49.2 cm³/mol. The maximum absolute atomic E-state index is 10.8. The van der Waals surface area contributed by atoms with Crippen LogP contribution in [0.3, 0.4) is 0 Å². The summed E-state index contributed by atoms with van der Waals surface area (Å²) in [6, 6.07) is 0. The van der Waals surface area contributed by atoms with Crippen molar-refractivity contribution in [2.45, 2.75) is 13.8 Å². The van der Waals surface area contributed by atoms with Gasteiger partial charge in [-0.1, -0.05) is 0 Å². The van der Waals surface area contributed by atoms with E-state index in [4.69, 9.17) is 5.11 Å². The van der Waals surface area contributed by atoms with Gasteiger partial charge in [-0.15, -0.1) is 0 Å². The zero-order valence-electron chi connectivity index (χ0n) is 8.16. The van der Waals surface area contributed by atoms with Crippen LogP contribution >= 0.6 is 0 Å². The van der Waals surface area contributed by atoms with Gasteiger partial charge < -0.3 is 15.0 Å². The second-order valence-corrected chi connectivity index (χ2v) is 2.90. The average Bonchev–Trinajstić information content (AvgIpc) is 2.32. The number of carbonyl (C=O) groups is 2. The van der Waals surface area contributed by atoms with Crippen molar-refractivity contribution in [3.05, 3.63) is 11.5 Å². The Morgan fingerprint density at radius 2 is 2.07 bits per heavy atom. The molecule has 1 heterocycles. The van der Waals surface area contributed by atoms with Crippen molar-refractivity contribution in [3.63, 3.8) is 0 Å². The highest BCUT2D eigenvalue weighted by Gasteiger charge is 2.18.